The number of carbonyl (C=O) groups is 1. The third-order valence-electron chi connectivity index (χ3n) is 2.83. The number of aliphatic hydroxyl groups excluding tert-OH is 2. The maximum Gasteiger partial charge on any atom is 0.305 e. The number of esters is 1. The fourth-order valence-corrected chi connectivity index (χ4v) is 1.76. The molecule has 2 N–H and O–H groups in total. The van der Waals surface area contributed by atoms with Gasteiger partial charge in [0.05, 0.1) is 19.3 Å². The minimum atomic E-state index is -0.517. The van der Waals surface area contributed by atoms with E-state index in [0.717, 1.165) is 25.7 Å². The second-order valence-electron chi connectivity index (χ2n) is 4.51. The molecule has 0 aromatic carbocycles. The number of hydrogen-bond donors (Lipinski definition) is 2. The third-order valence-corrected chi connectivity index (χ3v) is 2.83. The summed E-state index contributed by atoms with van der Waals surface area (Å²) in [6, 6.07) is 0. The molecule has 0 fully saturated rings. The van der Waals surface area contributed by atoms with Crippen LogP contribution in [0, 0.1) is 0 Å². The van der Waals surface area contributed by atoms with Crippen LogP contribution in [0.1, 0.15) is 58.3 Å². The maximum atomic E-state index is 10.8. The highest BCUT2D eigenvalue weighted by Crippen LogP contribution is 2.12. The monoisotopic (exact) mass is 246 g/mol. The Bertz CT molecular complexity index is 194. The molecule has 0 radical (unpaired) electrons. The van der Waals surface area contributed by atoms with E-state index in [2.05, 4.69) is 11.7 Å². The van der Waals surface area contributed by atoms with Crippen LogP contribution in [-0.4, -0.2) is 35.5 Å². The number of unbranched alkanes of at least 4 members (excludes halogenated alkanes) is 2. The van der Waals surface area contributed by atoms with Gasteiger partial charge in [-0.2, -0.15) is 0 Å². The van der Waals surface area contributed by atoms with E-state index in [0.29, 0.717) is 25.7 Å². The number of ether oxygens (including phenoxy) is 1. The number of carbonyl (C=O) groups excluding carboxylic acids is 1. The van der Waals surface area contributed by atoms with Crippen molar-refractivity contribution in [3.63, 3.8) is 0 Å². The molecule has 0 rings (SSSR count). The van der Waals surface area contributed by atoms with E-state index >= 15 is 0 Å². The fourth-order valence-electron chi connectivity index (χ4n) is 1.76. The van der Waals surface area contributed by atoms with E-state index in [1.807, 2.05) is 0 Å². The quantitative estimate of drug-likeness (QED) is 0.457. The predicted molar refractivity (Wildman–Crippen MR) is 66.6 cm³/mol. The van der Waals surface area contributed by atoms with E-state index in [9.17, 15) is 15.0 Å². The van der Waals surface area contributed by atoms with Crippen LogP contribution in [0.3, 0.4) is 0 Å². The first kappa shape index (κ1) is 16.4. The Balaban J connectivity index is 3.49. The van der Waals surface area contributed by atoms with Crippen LogP contribution < -0.4 is 0 Å². The van der Waals surface area contributed by atoms with Crippen molar-refractivity contribution in [1.82, 2.24) is 0 Å². The predicted octanol–water partition coefficient (Wildman–Crippen LogP) is 2.02. The molecule has 4 nitrogen and oxygen atoms in total. The second-order valence-corrected chi connectivity index (χ2v) is 4.51. The molecule has 0 unspecified atom stereocenters. The zero-order valence-electron chi connectivity index (χ0n) is 11.0. The molecule has 0 amide bonds. The van der Waals surface area contributed by atoms with Crippen molar-refractivity contribution in [3.05, 3.63) is 0 Å². The van der Waals surface area contributed by atoms with Gasteiger partial charge in [0.1, 0.15) is 0 Å². The zero-order valence-corrected chi connectivity index (χ0v) is 11.0. The van der Waals surface area contributed by atoms with E-state index in [1.54, 1.807) is 0 Å². The summed E-state index contributed by atoms with van der Waals surface area (Å²) in [7, 11) is 1.36. The lowest BCUT2D eigenvalue weighted by atomic mass is 10.0. The van der Waals surface area contributed by atoms with Crippen LogP contribution in [0.15, 0.2) is 0 Å². The summed E-state index contributed by atoms with van der Waals surface area (Å²) >= 11 is 0. The Kier molecular flexibility index (Phi) is 10.2. The van der Waals surface area contributed by atoms with Crippen LogP contribution in [0.5, 0.6) is 0 Å². The molecule has 0 heterocycles. The number of hydrogen-bond acceptors (Lipinski definition) is 4. The van der Waals surface area contributed by atoms with Crippen LogP contribution >= 0.6 is 0 Å². The van der Waals surface area contributed by atoms with Crippen LogP contribution in [0.2, 0.25) is 0 Å². The van der Waals surface area contributed by atoms with Crippen molar-refractivity contribution >= 4 is 5.97 Å². The van der Waals surface area contributed by atoms with Gasteiger partial charge in [0.2, 0.25) is 0 Å². The molecule has 0 aromatic heterocycles. The Morgan fingerprint density at radius 1 is 1.12 bits per heavy atom. The Labute approximate surface area is 104 Å². The Morgan fingerprint density at radius 3 is 2.24 bits per heavy atom. The molecule has 0 saturated heterocycles. The fraction of sp³-hybridized carbons (Fsp3) is 0.923. The van der Waals surface area contributed by atoms with E-state index in [4.69, 9.17) is 0 Å². The lowest BCUT2D eigenvalue weighted by Gasteiger charge is -2.15. The van der Waals surface area contributed by atoms with Gasteiger partial charge in [-0.25, -0.2) is 0 Å². The average molecular weight is 246 g/mol. The van der Waals surface area contributed by atoms with Crippen LogP contribution in [-0.2, 0) is 9.53 Å². The molecule has 4 heteroatoms. The van der Waals surface area contributed by atoms with Gasteiger partial charge in [-0.15, -0.1) is 0 Å². The Morgan fingerprint density at radius 2 is 1.71 bits per heavy atom. The minimum absolute atomic E-state index is 0.249. The minimum Gasteiger partial charge on any atom is -0.469 e. The highest BCUT2D eigenvalue weighted by molar-refractivity contribution is 5.68. The van der Waals surface area contributed by atoms with Gasteiger partial charge in [-0.05, 0) is 25.7 Å². The molecule has 102 valence electrons. The third kappa shape index (κ3) is 10.3. The summed E-state index contributed by atoms with van der Waals surface area (Å²) < 4.78 is 4.51. The highest BCUT2D eigenvalue weighted by atomic mass is 16.5. The first-order chi connectivity index (χ1) is 8.10. The normalized spacial score (nSPS) is 14.4. The van der Waals surface area contributed by atoms with Gasteiger partial charge in [0.25, 0.3) is 0 Å². The van der Waals surface area contributed by atoms with E-state index in [-0.39, 0.29) is 5.97 Å². The molecule has 0 aromatic rings. The molecule has 17 heavy (non-hydrogen) atoms. The number of rotatable bonds is 10. The largest absolute Gasteiger partial charge is 0.469 e. The lowest BCUT2D eigenvalue weighted by Crippen LogP contribution is -2.18. The second kappa shape index (κ2) is 10.5. The van der Waals surface area contributed by atoms with E-state index < -0.39 is 12.2 Å². The summed E-state index contributed by atoms with van der Waals surface area (Å²) in [4.78, 5) is 10.8. The first-order valence-corrected chi connectivity index (χ1v) is 6.53. The van der Waals surface area contributed by atoms with Crippen molar-refractivity contribution in [3.8, 4) is 0 Å². The molecule has 2 atom stereocenters. The maximum absolute atomic E-state index is 10.8. The average Bonchev–Trinajstić information content (AvgIpc) is 2.29. The molecule has 0 aliphatic rings. The summed E-state index contributed by atoms with van der Waals surface area (Å²) in [5.74, 6) is -0.249. The Hall–Kier alpha value is -0.610. The first-order valence-electron chi connectivity index (χ1n) is 6.53. The summed E-state index contributed by atoms with van der Waals surface area (Å²) in [5.41, 5.74) is 0. The molecular formula is C13H26O4. The summed E-state index contributed by atoms with van der Waals surface area (Å²) in [5, 5.41) is 19.3. The molecular weight excluding hydrogens is 220 g/mol. The van der Waals surface area contributed by atoms with Crippen molar-refractivity contribution in [2.24, 2.45) is 0 Å². The summed E-state index contributed by atoms with van der Waals surface area (Å²) in [6.45, 7) is 2.12. The molecule has 0 saturated carbocycles. The molecule has 0 spiro atoms. The van der Waals surface area contributed by atoms with Gasteiger partial charge in [-0.3, -0.25) is 4.79 Å². The number of methoxy groups -OCH3 is 1. The van der Waals surface area contributed by atoms with Crippen LogP contribution in [0.4, 0.5) is 0 Å². The van der Waals surface area contributed by atoms with Crippen molar-refractivity contribution in [2.75, 3.05) is 7.11 Å². The van der Waals surface area contributed by atoms with Crippen molar-refractivity contribution in [2.45, 2.75) is 70.5 Å². The smallest absolute Gasteiger partial charge is 0.305 e. The topological polar surface area (TPSA) is 66.8 Å². The van der Waals surface area contributed by atoms with Crippen LogP contribution in [0.25, 0.3) is 0 Å². The van der Waals surface area contributed by atoms with Gasteiger partial charge >= 0.3 is 5.97 Å². The highest BCUT2D eigenvalue weighted by Gasteiger charge is 2.12. The van der Waals surface area contributed by atoms with Crippen molar-refractivity contribution < 1.29 is 19.7 Å². The standard InChI is InChI=1S/C13H26O4/c1-3-4-5-7-11(14)10-12(15)8-6-9-13(16)17-2/h11-12,14-15H,3-10H2,1-2H3/t11-,12-/m0/s1. The summed E-state index contributed by atoms with van der Waals surface area (Å²) in [6.07, 6.45) is 4.96. The van der Waals surface area contributed by atoms with Gasteiger partial charge < -0.3 is 14.9 Å². The van der Waals surface area contributed by atoms with E-state index in [1.165, 1.54) is 7.11 Å². The molecule has 0 aliphatic carbocycles. The van der Waals surface area contributed by atoms with Crippen molar-refractivity contribution in [1.29, 1.82) is 0 Å². The van der Waals surface area contributed by atoms with Gasteiger partial charge in [0.15, 0.2) is 0 Å². The zero-order chi connectivity index (χ0) is 13.1. The number of aliphatic hydroxyl groups is 2. The van der Waals surface area contributed by atoms with Gasteiger partial charge in [-0.1, -0.05) is 26.2 Å². The molecule has 0 aliphatic heterocycles. The SMILES string of the molecule is CCCCC[C@H](O)C[C@@H](O)CCCC(=O)OC. The lowest BCUT2D eigenvalue weighted by molar-refractivity contribution is -0.140. The van der Waals surface area contributed by atoms with Gasteiger partial charge in [0, 0.05) is 6.42 Å². The molecule has 0 bridgehead atoms.